The second-order valence-electron chi connectivity index (χ2n) is 6.16. The van der Waals surface area contributed by atoms with Crippen LogP contribution >= 0.6 is 0 Å². The summed E-state index contributed by atoms with van der Waals surface area (Å²) >= 11 is 0. The highest BCUT2D eigenvalue weighted by Crippen LogP contribution is 2.28. The number of rotatable bonds is 3. The van der Waals surface area contributed by atoms with E-state index in [0.29, 0.717) is 0 Å². The van der Waals surface area contributed by atoms with Crippen molar-refractivity contribution in [1.29, 1.82) is 0 Å². The molecule has 1 aromatic carbocycles. The van der Waals surface area contributed by atoms with Gasteiger partial charge in [-0.05, 0) is 49.7 Å². The molecule has 4 nitrogen and oxygen atoms in total. The van der Waals surface area contributed by atoms with E-state index in [1.54, 1.807) is 6.20 Å². The van der Waals surface area contributed by atoms with Gasteiger partial charge in [0.1, 0.15) is 0 Å². The molecular weight excluding hydrogens is 320 g/mol. The van der Waals surface area contributed by atoms with E-state index in [1.807, 2.05) is 54.1 Å². The molecule has 0 aliphatic carbocycles. The Hall–Kier alpha value is -3.45. The smallest absolute Gasteiger partial charge is 0.154 e. The first-order chi connectivity index (χ1) is 12.7. The van der Waals surface area contributed by atoms with Crippen molar-refractivity contribution in [3.8, 4) is 29.4 Å². The van der Waals surface area contributed by atoms with Crippen LogP contribution in [0.2, 0.25) is 0 Å². The standard InChI is InChI=1S/C22H18N4/c1-4-16-12-17(20-10-7-9-18(5-2)25-20)13-21-19(16)14-23-26(21)22-11-6-8-15(3)24-22/h1,6-14H,5H2,2-3H3. The first kappa shape index (κ1) is 16.0. The highest BCUT2D eigenvalue weighted by Gasteiger charge is 2.12. The first-order valence-electron chi connectivity index (χ1n) is 8.58. The summed E-state index contributed by atoms with van der Waals surface area (Å²) in [6.07, 6.45) is 8.46. The van der Waals surface area contributed by atoms with Crippen molar-refractivity contribution < 1.29 is 0 Å². The minimum absolute atomic E-state index is 0.774. The molecule has 4 heteroatoms. The maximum Gasteiger partial charge on any atom is 0.154 e. The molecule has 0 atom stereocenters. The Bertz CT molecular complexity index is 1150. The van der Waals surface area contributed by atoms with Gasteiger partial charge in [0, 0.05) is 27.9 Å². The topological polar surface area (TPSA) is 43.6 Å². The van der Waals surface area contributed by atoms with Crippen LogP contribution in [0.4, 0.5) is 0 Å². The number of terminal acetylenes is 1. The van der Waals surface area contributed by atoms with Crippen LogP contribution in [0, 0.1) is 19.3 Å². The Labute approximate surface area is 152 Å². The summed E-state index contributed by atoms with van der Waals surface area (Å²) in [5, 5.41) is 5.46. The summed E-state index contributed by atoms with van der Waals surface area (Å²) in [6.45, 7) is 4.06. The predicted octanol–water partition coefficient (Wildman–Crippen LogP) is 4.33. The maximum absolute atomic E-state index is 5.77. The summed E-state index contributed by atoms with van der Waals surface area (Å²) in [6, 6.07) is 16.0. The number of benzene rings is 1. The number of fused-ring (bicyclic) bond motifs is 1. The zero-order valence-corrected chi connectivity index (χ0v) is 14.8. The van der Waals surface area contributed by atoms with Crippen LogP contribution in [0.3, 0.4) is 0 Å². The molecule has 0 spiro atoms. The van der Waals surface area contributed by atoms with Gasteiger partial charge in [-0.15, -0.1) is 6.42 Å². The predicted molar refractivity (Wildman–Crippen MR) is 104 cm³/mol. The number of aromatic nitrogens is 4. The largest absolute Gasteiger partial charge is 0.253 e. The van der Waals surface area contributed by atoms with E-state index in [1.165, 1.54) is 0 Å². The van der Waals surface area contributed by atoms with Gasteiger partial charge in [0.25, 0.3) is 0 Å². The number of aryl methyl sites for hydroxylation is 2. The van der Waals surface area contributed by atoms with Crippen LogP contribution in [0.25, 0.3) is 28.0 Å². The molecule has 3 aromatic heterocycles. The van der Waals surface area contributed by atoms with Gasteiger partial charge in [0.05, 0.1) is 17.4 Å². The molecule has 4 rings (SSSR count). The van der Waals surface area contributed by atoms with E-state index >= 15 is 0 Å². The minimum Gasteiger partial charge on any atom is -0.253 e. The van der Waals surface area contributed by atoms with Crippen LogP contribution in [-0.2, 0) is 6.42 Å². The summed E-state index contributed by atoms with van der Waals surface area (Å²) in [5.41, 5.74) is 5.62. The van der Waals surface area contributed by atoms with E-state index in [9.17, 15) is 0 Å². The van der Waals surface area contributed by atoms with Gasteiger partial charge in [-0.3, -0.25) is 4.98 Å². The van der Waals surface area contributed by atoms with E-state index in [-0.39, 0.29) is 0 Å². The summed E-state index contributed by atoms with van der Waals surface area (Å²) in [7, 11) is 0. The lowest BCUT2D eigenvalue weighted by Gasteiger charge is -2.08. The van der Waals surface area contributed by atoms with Crippen molar-refractivity contribution in [1.82, 2.24) is 19.7 Å². The van der Waals surface area contributed by atoms with Gasteiger partial charge >= 0.3 is 0 Å². The molecule has 4 aromatic rings. The quantitative estimate of drug-likeness (QED) is 0.522. The second-order valence-corrected chi connectivity index (χ2v) is 6.16. The molecule has 0 N–H and O–H groups in total. The lowest BCUT2D eigenvalue weighted by Crippen LogP contribution is -2.00. The van der Waals surface area contributed by atoms with Crippen molar-refractivity contribution in [2.45, 2.75) is 20.3 Å². The molecule has 0 bridgehead atoms. The second kappa shape index (κ2) is 6.45. The van der Waals surface area contributed by atoms with E-state index < -0.39 is 0 Å². The Morgan fingerprint density at radius 2 is 1.92 bits per heavy atom. The number of pyridine rings is 2. The summed E-state index contributed by atoms with van der Waals surface area (Å²) in [4.78, 5) is 9.31. The Morgan fingerprint density at radius 1 is 1.08 bits per heavy atom. The average molecular weight is 338 g/mol. The fraction of sp³-hybridized carbons (Fsp3) is 0.136. The lowest BCUT2D eigenvalue weighted by atomic mass is 10.0. The number of hydrogen-bond acceptors (Lipinski definition) is 3. The molecule has 0 saturated carbocycles. The van der Waals surface area contributed by atoms with Crippen LogP contribution in [-0.4, -0.2) is 19.7 Å². The molecule has 0 aliphatic rings. The van der Waals surface area contributed by atoms with Crippen LogP contribution < -0.4 is 0 Å². The summed E-state index contributed by atoms with van der Waals surface area (Å²) < 4.78 is 1.83. The van der Waals surface area contributed by atoms with Gasteiger partial charge in [0.2, 0.25) is 0 Å². The Morgan fingerprint density at radius 3 is 2.69 bits per heavy atom. The van der Waals surface area contributed by atoms with Crippen LogP contribution in [0.15, 0.2) is 54.7 Å². The average Bonchev–Trinajstić information content (AvgIpc) is 3.11. The zero-order chi connectivity index (χ0) is 18.1. The fourth-order valence-corrected chi connectivity index (χ4v) is 3.06. The van der Waals surface area contributed by atoms with Crippen molar-refractivity contribution in [3.05, 3.63) is 71.7 Å². The highest BCUT2D eigenvalue weighted by atomic mass is 15.3. The van der Waals surface area contributed by atoms with Crippen molar-refractivity contribution >= 4 is 10.9 Å². The third-order valence-electron chi connectivity index (χ3n) is 4.40. The van der Waals surface area contributed by atoms with E-state index in [2.05, 4.69) is 29.0 Å². The van der Waals surface area contributed by atoms with Gasteiger partial charge in [-0.2, -0.15) is 5.10 Å². The van der Waals surface area contributed by atoms with Gasteiger partial charge in [-0.1, -0.05) is 25.0 Å². The third kappa shape index (κ3) is 2.74. The molecule has 0 radical (unpaired) electrons. The summed E-state index contributed by atoms with van der Waals surface area (Å²) in [5.74, 6) is 3.56. The van der Waals surface area contributed by atoms with E-state index in [4.69, 9.17) is 11.4 Å². The monoisotopic (exact) mass is 338 g/mol. The molecule has 126 valence electrons. The van der Waals surface area contributed by atoms with E-state index in [0.717, 1.165) is 51.4 Å². The van der Waals surface area contributed by atoms with Gasteiger partial charge in [0.15, 0.2) is 5.82 Å². The fourth-order valence-electron chi connectivity index (χ4n) is 3.06. The van der Waals surface area contributed by atoms with Crippen molar-refractivity contribution in [2.75, 3.05) is 0 Å². The van der Waals surface area contributed by atoms with Gasteiger partial charge in [-0.25, -0.2) is 9.67 Å². The molecule has 0 saturated heterocycles. The molecule has 3 heterocycles. The number of hydrogen-bond donors (Lipinski definition) is 0. The van der Waals surface area contributed by atoms with Crippen molar-refractivity contribution in [2.24, 2.45) is 0 Å². The van der Waals surface area contributed by atoms with Crippen LogP contribution in [0.1, 0.15) is 23.9 Å². The van der Waals surface area contributed by atoms with Crippen molar-refractivity contribution in [3.63, 3.8) is 0 Å². The molecule has 0 fully saturated rings. The molecule has 26 heavy (non-hydrogen) atoms. The minimum atomic E-state index is 0.774. The first-order valence-corrected chi connectivity index (χ1v) is 8.58. The molecule has 0 aliphatic heterocycles. The number of nitrogens with zero attached hydrogens (tertiary/aromatic N) is 4. The SMILES string of the molecule is C#Cc1cc(-c2cccc(CC)n2)cc2c1cnn2-c1cccc(C)n1. The molecular formula is C22H18N4. The highest BCUT2D eigenvalue weighted by molar-refractivity contribution is 5.90. The molecule has 0 amide bonds. The molecule has 0 unspecified atom stereocenters. The normalized spacial score (nSPS) is 10.8. The Balaban J connectivity index is 1.96. The van der Waals surface area contributed by atoms with Gasteiger partial charge < -0.3 is 0 Å². The third-order valence-corrected chi connectivity index (χ3v) is 4.40. The van der Waals surface area contributed by atoms with Crippen LogP contribution in [0.5, 0.6) is 0 Å². The maximum atomic E-state index is 5.77. The Kier molecular flexibility index (Phi) is 3.98. The lowest BCUT2D eigenvalue weighted by molar-refractivity contribution is 0.867. The zero-order valence-electron chi connectivity index (χ0n) is 14.8.